The van der Waals surface area contributed by atoms with Crippen molar-refractivity contribution in [2.45, 2.75) is 9.79 Å². The lowest BCUT2D eigenvalue weighted by molar-refractivity contribution is 0.171. The number of nitrogens with zero attached hydrogens (tertiary/aromatic N) is 4. The van der Waals surface area contributed by atoms with Gasteiger partial charge in [0.25, 0.3) is 5.56 Å². The van der Waals surface area contributed by atoms with Gasteiger partial charge in [0.2, 0.25) is 20.0 Å². The van der Waals surface area contributed by atoms with Gasteiger partial charge >= 0.3 is 5.69 Å². The fourth-order valence-electron chi connectivity index (χ4n) is 3.57. The number of aromatic nitrogens is 2. The molecule has 0 aliphatic carbocycles. The molecule has 3 heterocycles. The Morgan fingerprint density at radius 1 is 0.812 bits per heavy atom. The summed E-state index contributed by atoms with van der Waals surface area (Å²) >= 11 is 0. The maximum atomic E-state index is 13.1. The van der Waals surface area contributed by atoms with E-state index in [2.05, 4.69) is 0 Å². The summed E-state index contributed by atoms with van der Waals surface area (Å²) in [4.78, 5) is 23.7. The van der Waals surface area contributed by atoms with E-state index in [4.69, 9.17) is 9.47 Å². The summed E-state index contributed by atoms with van der Waals surface area (Å²) in [7, 11) is -5.57. The Balaban J connectivity index is 1.55. The van der Waals surface area contributed by atoms with Crippen LogP contribution in [0.1, 0.15) is 0 Å². The van der Waals surface area contributed by atoms with Crippen LogP contribution in [-0.2, 0) is 34.1 Å². The van der Waals surface area contributed by atoms with Gasteiger partial charge in [0, 0.05) is 52.5 Å². The molecular weight excluding hydrogens is 464 g/mol. The van der Waals surface area contributed by atoms with Gasteiger partial charge in [0.1, 0.15) is 13.2 Å². The third-order valence-corrected chi connectivity index (χ3v) is 9.16. The van der Waals surface area contributed by atoms with E-state index in [0.717, 1.165) is 19.6 Å². The lowest BCUT2D eigenvalue weighted by atomic mass is 10.3. The van der Waals surface area contributed by atoms with Gasteiger partial charge in [-0.25, -0.2) is 21.6 Å². The van der Waals surface area contributed by atoms with Crippen molar-refractivity contribution in [2.24, 2.45) is 14.1 Å². The second kappa shape index (κ2) is 8.03. The highest BCUT2D eigenvalue weighted by Gasteiger charge is 2.36. The first-order valence-electron chi connectivity index (χ1n) is 9.70. The molecule has 1 aromatic heterocycles. The number of piperazine rings is 1. The smallest absolute Gasteiger partial charge is 0.330 e. The van der Waals surface area contributed by atoms with Gasteiger partial charge in [0.15, 0.2) is 16.4 Å². The molecule has 4 rings (SSSR count). The fourth-order valence-corrected chi connectivity index (χ4v) is 6.58. The minimum absolute atomic E-state index is 0.0185. The lowest BCUT2D eigenvalue weighted by Gasteiger charge is -2.33. The molecule has 2 aliphatic rings. The molecule has 32 heavy (non-hydrogen) atoms. The Labute approximate surface area is 184 Å². The normalized spacial score (nSPS) is 17.9. The maximum Gasteiger partial charge on any atom is 0.330 e. The molecule has 14 heteroatoms. The second-order valence-electron chi connectivity index (χ2n) is 7.36. The molecule has 0 N–H and O–H groups in total. The van der Waals surface area contributed by atoms with Crippen molar-refractivity contribution in [3.63, 3.8) is 0 Å². The van der Waals surface area contributed by atoms with Crippen LogP contribution in [0.2, 0.25) is 0 Å². The highest BCUT2D eigenvalue weighted by molar-refractivity contribution is 7.89. The Morgan fingerprint density at radius 3 is 2.00 bits per heavy atom. The first-order valence-corrected chi connectivity index (χ1v) is 12.6. The predicted molar refractivity (Wildman–Crippen MR) is 112 cm³/mol. The highest BCUT2D eigenvalue weighted by atomic mass is 32.2. The molecule has 12 nitrogen and oxygen atoms in total. The van der Waals surface area contributed by atoms with Gasteiger partial charge in [0.05, 0.1) is 4.90 Å². The summed E-state index contributed by atoms with van der Waals surface area (Å²) in [5.74, 6) is 0.800. The van der Waals surface area contributed by atoms with Gasteiger partial charge in [-0.05, 0) is 12.1 Å². The zero-order valence-electron chi connectivity index (χ0n) is 17.4. The van der Waals surface area contributed by atoms with E-state index in [1.807, 2.05) is 0 Å². The molecule has 0 spiro atoms. The van der Waals surface area contributed by atoms with E-state index < -0.39 is 36.2 Å². The Hall–Kier alpha value is -2.68. The van der Waals surface area contributed by atoms with E-state index >= 15 is 0 Å². The van der Waals surface area contributed by atoms with Crippen molar-refractivity contribution in [1.82, 2.24) is 17.7 Å². The SMILES string of the molecule is Cn1cc(S(=O)(=O)N2CCN(S(=O)(=O)c3ccc4c(c3)OCCO4)CC2)c(=O)n(C)c1=O. The molecule has 0 saturated carbocycles. The molecule has 174 valence electrons. The van der Waals surface area contributed by atoms with Crippen molar-refractivity contribution >= 4 is 20.0 Å². The molecule has 0 unspecified atom stereocenters. The van der Waals surface area contributed by atoms with Crippen LogP contribution in [0.15, 0.2) is 43.8 Å². The second-order valence-corrected chi connectivity index (χ2v) is 11.2. The van der Waals surface area contributed by atoms with Crippen LogP contribution in [0.25, 0.3) is 0 Å². The van der Waals surface area contributed by atoms with Crippen molar-refractivity contribution < 1.29 is 26.3 Å². The quantitative estimate of drug-likeness (QED) is 0.512. The molecule has 2 aliphatic heterocycles. The molecule has 0 amide bonds. The number of fused-ring (bicyclic) bond motifs is 1. The van der Waals surface area contributed by atoms with Gasteiger partial charge in [-0.3, -0.25) is 9.36 Å². The molecule has 0 radical (unpaired) electrons. The number of ether oxygens (including phenoxy) is 2. The van der Waals surface area contributed by atoms with Gasteiger partial charge in [-0.1, -0.05) is 0 Å². The molecule has 1 saturated heterocycles. The summed E-state index contributed by atoms with van der Waals surface area (Å²) in [5, 5.41) is 0. The topological polar surface area (TPSA) is 137 Å². The minimum Gasteiger partial charge on any atom is -0.486 e. The van der Waals surface area contributed by atoms with E-state index in [1.54, 1.807) is 0 Å². The number of hydrogen-bond acceptors (Lipinski definition) is 8. The van der Waals surface area contributed by atoms with Crippen molar-refractivity contribution in [3.05, 3.63) is 45.2 Å². The Kier molecular flexibility index (Phi) is 5.65. The van der Waals surface area contributed by atoms with Crippen LogP contribution < -0.4 is 20.7 Å². The maximum absolute atomic E-state index is 13.1. The van der Waals surface area contributed by atoms with Crippen LogP contribution in [0.3, 0.4) is 0 Å². The summed E-state index contributed by atoms with van der Waals surface area (Å²) in [5.41, 5.74) is -1.58. The minimum atomic E-state index is -4.22. The Morgan fingerprint density at radius 2 is 1.38 bits per heavy atom. The van der Waals surface area contributed by atoms with Gasteiger partial charge in [-0.15, -0.1) is 0 Å². The van der Waals surface area contributed by atoms with Crippen LogP contribution in [-0.4, -0.2) is 74.0 Å². The molecule has 1 aromatic carbocycles. The summed E-state index contributed by atoms with van der Waals surface area (Å²) in [6.45, 7) is 0.228. The first kappa shape index (κ1) is 22.5. The predicted octanol–water partition coefficient (Wildman–Crippen LogP) is -1.45. The monoisotopic (exact) mass is 486 g/mol. The van der Waals surface area contributed by atoms with Crippen LogP contribution in [0.5, 0.6) is 11.5 Å². The summed E-state index contributed by atoms with van der Waals surface area (Å²) < 4.78 is 66.9. The highest BCUT2D eigenvalue weighted by Crippen LogP contribution is 2.33. The third-order valence-electron chi connectivity index (χ3n) is 5.38. The van der Waals surface area contributed by atoms with E-state index in [-0.39, 0.29) is 31.1 Å². The Bertz CT molecular complexity index is 1390. The molecule has 0 atom stereocenters. The zero-order valence-corrected chi connectivity index (χ0v) is 19.1. The molecular formula is C18H22N4O8S2. The van der Waals surface area contributed by atoms with Crippen LogP contribution >= 0.6 is 0 Å². The first-order chi connectivity index (χ1) is 15.0. The van der Waals surface area contributed by atoms with Crippen molar-refractivity contribution in [3.8, 4) is 11.5 Å². The number of sulfonamides is 2. The summed E-state index contributed by atoms with van der Waals surface area (Å²) in [6.07, 6.45) is 0.984. The van der Waals surface area contributed by atoms with Crippen molar-refractivity contribution in [2.75, 3.05) is 39.4 Å². The number of rotatable bonds is 4. The van der Waals surface area contributed by atoms with Crippen LogP contribution in [0, 0.1) is 0 Å². The van der Waals surface area contributed by atoms with E-state index in [1.165, 1.54) is 36.6 Å². The van der Waals surface area contributed by atoms with Crippen LogP contribution in [0.4, 0.5) is 0 Å². The van der Waals surface area contributed by atoms with E-state index in [9.17, 15) is 26.4 Å². The zero-order chi connectivity index (χ0) is 23.3. The number of hydrogen-bond donors (Lipinski definition) is 0. The largest absolute Gasteiger partial charge is 0.486 e. The van der Waals surface area contributed by atoms with Gasteiger partial charge < -0.3 is 14.0 Å². The van der Waals surface area contributed by atoms with Crippen molar-refractivity contribution in [1.29, 1.82) is 0 Å². The van der Waals surface area contributed by atoms with Gasteiger partial charge in [-0.2, -0.15) is 8.61 Å². The average molecular weight is 487 g/mol. The molecule has 0 bridgehead atoms. The standard InChI is InChI=1S/C18H22N4O8S2/c1-19-12-16(17(23)20(2)18(19)24)32(27,28)22-7-5-21(6-8-22)31(25,26)13-3-4-14-15(11-13)30-10-9-29-14/h3-4,11-12H,5-10H2,1-2H3. The summed E-state index contributed by atoms with van der Waals surface area (Å²) in [6, 6.07) is 4.33. The van der Waals surface area contributed by atoms with E-state index in [0.29, 0.717) is 24.7 Å². The molecule has 1 fully saturated rings. The third kappa shape index (κ3) is 3.72. The number of aryl methyl sites for hydroxylation is 1. The number of benzene rings is 1. The average Bonchev–Trinajstić information content (AvgIpc) is 2.79. The lowest BCUT2D eigenvalue weighted by Crippen LogP contribution is -2.51. The molecule has 2 aromatic rings. The fraction of sp³-hybridized carbons (Fsp3) is 0.444.